The molecular formula is C8H9NO4. The summed E-state index contributed by atoms with van der Waals surface area (Å²) in [5, 5.41) is 27.0. The molecule has 0 aliphatic rings. The minimum atomic E-state index is -1.28. The van der Waals surface area contributed by atoms with E-state index in [4.69, 9.17) is 10.8 Å². The van der Waals surface area contributed by atoms with Crippen molar-refractivity contribution in [3.8, 4) is 11.5 Å². The normalized spacial score (nSPS) is 9.92. The van der Waals surface area contributed by atoms with Gasteiger partial charge >= 0.3 is 5.97 Å². The number of hydrogen-bond donors (Lipinski definition) is 4. The second-order valence-electron chi connectivity index (χ2n) is 2.66. The topological polar surface area (TPSA) is 104 Å². The lowest BCUT2D eigenvalue weighted by atomic mass is 10.1. The van der Waals surface area contributed by atoms with Gasteiger partial charge in [-0.15, -0.1) is 0 Å². The maximum atomic E-state index is 10.5. The number of phenolic OH excluding ortho intramolecular Hbond substituents is 1. The number of nitrogen functional groups attached to an aromatic ring is 1. The van der Waals surface area contributed by atoms with Crippen LogP contribution in [0.2, 0.25) is 0 Å². The summed E-state index contributed by atoms with van der Waals surface area (Å²) in [6.45, 7) is 1.50. The number of carboxylic acids is 1. The zero-order chi connectivity index (χ0) is 10.2. The number of aromatic hydroxyl groups is 2. The van der Waals surface area contributed by atoms with Gasteiger partial charge in [0.15, 0.2) is 5.75 Å². The number of aryl methyl sites for hydroxylation is 1. The van der Waals surface area contributed by atoms with Gasteiger partial charge in [-0.25, -0.2) is 4.79 Å². The highest BCUT2D eigenvalue weighted by molar-refractivity contribution is 5.94. The van der Waals surface area contributed by atoms with E-state index < -0.39 is 11.7 Å². The first-order chi connectivity index (χ1) is 5.95. The monoisotopic (exact) mass is 183 g/mol. The molecule has 0 saturated heterocycles. The Labute approximate surface area is 74.0 Å². The van der Waals surface area contributed by atoms with Crippen molar-refractivity contribution in [3.05, 3.63) is 17.2 Å². The molecule has 5 N–H and O–H groups in total. The van der Waals surface area contributed by atoms with Crippen molar-refractivity contribution in [2.75, 3.05) is 5.73 Å². The molecule has 1 rings (SSSR count). The molecule has 5 nitrogen and oxygen atoms in total. The Balaban J connectivity index is 3.50. The van der Waals surface area contributed by atoms with E-state index in [9.17, 15) is 15.0 Å². The smallest absolute Gasteiger partial charge is 0.339 e. The van der Waals surface area contributed by atoms with E-state index >= 15 is 0 Å². The van der Waals surface area contributed by atoms with Crippen LogP contribution in [-0.2, 0) is 0 Å². The highest BCUT2D eigenvalue weighted by Gasteiger charge is 2.16. The number of aromatic carboxylic acids is 1. The van der Waals surface area contributed by atoms with Gasteiger partial charge in [-0.2, -0.15) is 0 Å². The first kappa shape index (κ1) is 9.18. The van der Waals surface area contributed by atoms with Gasteiger partial charge in [-0.1, -0.05) is 0 Å². The van der Waals surface area contributed by atoms with Crippen LogP contribution in [0.5, 0.6) is 11.5 Å². The molecule has 0 bridgehead atoms. The Morgan fingerprint density at radius 2 is 1.92 bits per heavy atom. The first-order valence-electron chi connectivity index (χ1n) is 3.49. The van der Waals surface area contributed by atoms with Crippen LogP contribution in [0.25, 0.3) is 0 Å². The van der Waals surface area contributed by atoms with E-state index in [-0.39, 0.29) is 17.0 Å². The molecule has 0 aliphatic carbocycles. The van der Waals surface area contributed by atoms with E-state index in [0.29, 0.717) is 5.56 Å². The maximum absolute atomic E-state index is 10.5. The predicted octanol–water partition coefficient (Wildman–Crippen LogP) is 0.687. The van der Waals surface area contributed by atoms with Gasteiger partial charge in [0.2, 0.25) is 0 Å². The SMILES string of the molecule is Cc1cc(C(=O)O)c(O)c(N)c1O. The summed E-state index contributed by atoms with van der Waals surface area (Å²) in [7, 11) is 0. The number of rotatable bonds is 1. The molecule has 0 atom stereocenters. The van der Waals surface area contributed by atoms with E-state index in [1.165, 1.54) is 6.92 Å². The second-order valence-corrected chi connectivity index (χ2v) is 2.66. The summed E-state index contributed by atoms with van der Waals surface area (Å²) in [4.78, 5) is 10.5. The molecule has 0 fully saturated rings. The van der Waals surface area contributed by atoms with Crippen molar-refractivity contribution in [1.29, 1.82) is 0 Å². The molecule has 13 heavy (non-hydrogen) atoms. The van der Waals surface area contributed by atoms with Crippen LogP contribution in [0.15, 0.2) is 6.07 Å². The van der Waals surface area contributed by atoms with Gasteiger partial charge in [0.25, 0.3) is 0 Å². The van der Waals surface area contributed by atoms with Crippen molar-refractivity contribution in [2.45, 2.75) is 6.92 Å². The fourth-order valence-electron chi connectivity index (χ4n) is 0.986. The van der Waals surface area contributed by atoms with Crippen LogP contribution in [0, 0.1) is 6.92 Å². The number of carboxylic acid groups (broad SMARTS) is 1. The minimum absolute atomic E-state index is 0.289. The molecule has 0 saturated carbocycles. The van der Waals surface area contributed by atoms with E-state index in [1.54, 1.807) is 0 Å². The van der Waals surface area contributed by atoms with Crippen molar-refractivity contribution < 1.29 is 20.1 Å². The number of hydrogen-bond acceptors (Lipinski definition) is 4. The molecule has 0 unspecified atom stereocenters. The summed E-state index contributed by atoms with van der Waals surface area (Å²) < 4.78 is 0. The van der Waals surface area contributed by atoms with Crippen LogP contribution >= 0.6 is 0 Å². The summed E-state index contributed by atoms with van der Waals surface area (Å²) in [6.07, 6.45) is 0. The lowest BCUT2D eigenvalue weighted by molar-refractivity contribution is 0.0693. The van der Waals surface area contributed by atoms with E-state index in [0.717, 1.165) is 6.07 Å². The van der Waals surface area contributed by atoms with Crippen molar-refractivity contribution in [3.63, 3.8) is 0 Å². The summed E-state index contributed by atoms with van der Waals surface area (Å²) in [5.74, 6) is -2.18. The van der Waals surface area contributed by atoms with Crippen molar-refractivity contribution in [2.24, 2.45) is 0 Å². The van der Waals surface area contributed by atoms with Crippen LogP contribution < -0.4 is 5.73 Å². The molecule has 1 aromatic rings. The molecule has 0 aliphatic heterocycles. The number of phenols is 2. The average molecular weight is 183 g/mol. The quantitative estimate of drug-likeness (QED) is 0.378. The van der Waals surface area contributed by atoms with Crippen LogP contribution in [0.1, 0.15) is 15.9 Å². The Morgan fingerprint density at radius 3 is 2.38 bits per heavy atom. The van der Waals surface area contributed by atoms with Gasteiger partial charge in [-0.3, -0.25) is 0 Å². The van der Waals surface area contributed by atoms with Crippen LogP contribution in [0.4, 0.5) is 5.69 Å². The molecule has 0 amide bonds. The summed E-state index contributed by atoms with van der Waals surface area (Å²) >= 11 is 0. The average Bonchev–Trinajstić information content (AvgIpc) is 2.07. The minimum Gasteiger partial charge on any atom is -0.505 e. The van der Waals surface area contributed by atoms with Gasteiger partial charge in [0.05, 0.1) is 0 Å². The third kappa shape index (κ3) is 1.35. The largest absolute Gasteiger partial charge is 0.505 e. The highest BCUT2D eigenvalue weighted by Crippen LogP contribution is 2.35. The van der Waals surface area contributed by atoms with Gasteiger partial charge < -0.3 is 21.1 Å². The Hall–Kier alpha value is -1.91. The summed E-state index contributed by atoms with van der Waals surface area (Å²) in [6, 6.07) is 1.16. The molecule has 70 valence electrons. The maximum Gasteiger partial charge on any atom is 0.339 e. The standard InChI is InChI=1S/C8H9NO4/c1-3-2-4(8(12)13)7(11)5(9)6(3)10/h2,10-11H,9H2,1H3,(H,12,13). The Bertz CT molecular complexity index is 373. The molecule has 0 heterocycles. The predicted molar refractivity (Wildman–Crippen MR) is 45.9 cm³/mol. The third-order valence-corrected chi connectivity index (χ3v) is 1.73. The van der Waals surface area contributed by atoms with Crippen molar-refractivity contribution >= 4 is 11.7 Å². The van der Waals surface area contributed by atoms with E-state index in [2.05, 4.69) is 0 Å². The molecule has 0 radical (unpaired) electrons. The van der Waals surface area contributed by atoms with Gasteiger partial charge in [0.1, 0.15) is 17.0 Å². The Morgan fingerprint density at radius 1 is 1.38 bits per heavy atom. The second kappa shape index (κ2) is 2.85. The fraction of sp³-hybridized carbons (Fsp3) is 0.125. The Kier molecular flexibility index (Phi) is 2.02. The molecule has 0 aromatic heterocycles. The van der Waals surface area contributed by atoms with Crippen molar-refractivity contribution in [1.82, 2.24) is 0 Å². The molecule has 1 aromatic carbocycles. The van der Waals surface area contributed by atoms with Gasteiger partial charge in [-0.05, 0) is 18.6 Å². The number of carbonyl (C=O) groups is 1. The zero-order valence-electron chi connectivity index (χ0n) is 6.90. The van der Waals surface area contributed by atoms with Crippen LogP contribution in [0.3, 0.4) is 0 Å². The molecule has 5 heteroatoms. The molecule has 0 spiro atoms. The fourth-order valence-corrected chi connectivity index (χ4v) is 0.986. The number of anilines is 1. The van der Waals surface area contributed by atoms with E-state index in [1.807, 2.05) is 0 Å². The third-order valence-electron chi connectivity index (χ3n) is 1.73. The summed E-state index contributed by atoms with van der Waals surface area (Å²) in [5.41, 5.74) is 4.95. The lowest BCUT2D eigenvalue weighted by Gasteiger charge is -2.07. The number of nitrogens with two attached hydrogens (primary N) is 1. The molecular weight excluding hydrogens is 174 g/mol. The number of benzene rings is 1. The highest BCUT2D eigenvalue weighted by atomic mass is 16.4. The van der Waals surface area contributed by atoms with Gasteiger partial charge in [0, 0.05) is 0 Å². The van der Waals surface area contributed by atoms with Crippen LogP contribution in [-0.4, -0.2) is 21.3 Å². The lowest BCUT2D eigenvalue weighted by Crippen LogP contribution is -2.00. The first-order valence-corrected chi connectivity index (χ1v) is 3.49. The zero-order valence-corrected chi connectivity index (χ0v) is 6.90.